The van der Waals surface area contributed by atoms with Crippen molar-refractivity contribution in [2.75, 3.05) is 24.5 Å². The lowest BCUT2D eigenvalue weighted by Crippen LogP contribution is -2.45. The Kier molecular flexibility index (Phi) is 5.43. The van der Waals surface area contributed by atoms with Crippen LogP contribution in [0.1, 0.15) is 39.5 Å². The van der Waals surface area contributed by atoms with Gasteiger partial charge in [0, 0.05) is 32.3 Å². The normalized spacial score (nSPS) is 24.0. The molecule has 1 saturated heterocycles. The number of rotatable bonds is 4. The van der Waals surface area contributed by atoms with E-state index in [2.05, 4.69) is 18.8 Å². The molecule has 2 aliphatic rings. The average molecular weight is 347 g/mol. The molecule has 0 N–H and O–H groups in total. The smallest absolute Gasteiger partial charge is 0.241 e. The van der Waals surface area contributed by atoms with Crippen molar-refractivity contribution in [2.24, 2.45) is 5.92 Å². The third kappa shape index (κ3) is 3.58. The minimum atomic E-state index is -0.358. The fourth-order valence-electron chi connectivity index (χ4n) is 3.44. The monoisotopic (exact) mass is 347 g/mol. The van der Waals surface area contributed by atoms with Crippen molar-refractivity contribution in [1.82, 2.24) is 9.88 Å². The molecule has 0 aromatic carbocycles. The van der Waals surface area contributed by atoms with Gasteiger partial charge in [-0.15, -0.1) is 0 Å². The van der Waals surface area contributed by atoms with Gasteiger partial charge in [0.25, 0.3) is 0 Å². The van der Waals surface area contributed by atoms with E-state index in [0.717, 1.165) is 36.6 Å². The van der Waals surface area contributed by atoms with Crippen LogP contribution in [0.4, 0.5) is 5.69 Å². The lowest BCUT2D eigenvalue weighted by molar-refractivity contribution is -0.134. The molecule has 1 aromatic heterocycles. The zero-order valence-electron chi connectivity index (χ0n) is 14.4. The highest BCUT2D eigenvalue weighted by Crippen LogP contribution is 2.39. The van der Waals surface area contributed by atoms with Crippen LogP contribution in [0.15, 0.2) is 23.4 Å². The van der Waals surface area contributed by atoms with Gasteiger partial charge in [0.15, 0.2) is 0 Å². The second kappa shape index (κ2) is 7.55. The van der Waals surface area contributed by atoms with Crippen molar-refractivity contribution in [1.29, 1.82) is 0 Å². The molecular weight excluding hydrogens is 322 g/mol. The Hall–Kier alpha value is -1.56. The van der Waals surface area contributed by atoms with Gasteiger partial charge in [0.2, 0.25) is 11.8 Å². The number of aromatic nitrogens is 1. The first-order valence-electron chi connectivity index (χ1n) is 8.81. The maximum Gasteiger partial charge on any atom is 0.241 e. The standard InChI is InChI=1S/C18H25N3O2S/c1-3-9-21-14-7-4-8-19-17(14)24-15(18(21)23)11-16(22)20-10-5-6-13(2)12-20/h4,7-8,13,15H,3,5-6,9-12H2,1-2H3/t13-,15-/m0/s1. The third-order valence-electron chi connectivity index (χ3n) is 4.65. The van der Waals surface area contributed by atoms with Crippen molar-refractivity contribution in [2.45, 2.75) is 49.8 Å². The van der Waals surface area contributed by atoms with Gasteiger partial charge < -0.3 is 9.80 Å². The molecule has 1 aromatic rings. The van der Waals surface area contributed by atoms with E-state index < -0.39 is 0 Å². The summed E-state index contributed by atoms with van der Waals surface area (Å²) in [7, 11) is 0. The summed E-state index contributed by atoms with van der Waals surface area (Å²) in [5, 5.41) is 0.499. The van der Waals surface area contributed by atoms with Crippen LogP contribution < -0.4 is 4.90 Å². The molecule has 0 aliphatic carbocycles. The fraction of sp³-hybridized carbons (Fsp3) is 0.611. The number of hydrogen-bond donors (Lipinski definition) is 0. The summed E-state index contributed by atoms with van der Waals surface area (Å²) in [5.41, 5.74) is 0.879. The Balaban J connectivity index is 1.74. The van der Waals surface area contributed by atoms with Gasteiger partial charge >= 0.3 is 0 Å². The van der Waals surface area contributed by atoms with Crippen LogP contribution >= 0.6 is 11.8 Å². The summed E-state index contributed by atoms with van der Waals surface area (Å²) in [6.45, 7) is 6.55. The quantitative estimate of drug-likeness (QED) is 0.840. The third-order valence-corrected chi connectivity index (χ3v) is 5.84. The number of carbonyl (C=O) groups excluding carboxylic acids is 2. The number of hydrogen-bond acceptors (Lipinski definition) is 4. The van der Waals surface area contributed by atoms with Crippen molar-refractivity contribution in [3.8, 4) is 0 Å². The second-order valence-electron chi connectivity index (χ2n) is 6.72. The van der Waals surface area contributed by atoms with Crippen LogP contribution in [-0.2, 0) is 9.59 Å². The Bertz CT molecular complexity index is 622. The summed E-state index contributed by atoms with van der Waals surface area (Å²) in [4.78, 5) is 33.7. The number of thioether (sulfide) groups is 1. The molecule has 3 rings (SSSR count). The highest BCUT2D eigenvalue weighted by atomic mass is 32.2. The van der Waals surface area contributed by atoms with Gasteiger partial charge in [-0.3, -0.25) is 9.59 Å². The average Bonchev–Trinajstić information content (AvgIpc) is 2.58. The molecule has 3 heterocycles. The number of likely N-dealkylation sites (tertiary alicyclic amines) is 1. The molecule has 0 radical (unpaired) electrons. The highest BCUT2D eigenvalue weighted by Gasteiger charge is 2.36. The first-order valence-corrected chi connectivity index (χ1v) is 9.69. The maximum absolute atomic E-state index is 12.9. The Morgan fingerprint density at radius 3 is 3.04 bits per heavy atom. The molecule has 0 saturated carbocycles. The number of amides is 2. The molecule has 0 bridgehead atoms. The summed E-state index contributed by atoms with van der Waals surface area (Å²) < 4.78 is 0. The van der Waals surface area contributed by atoms with Crippen LogP contribution in [0, 0.1) is 5.92 Å². The minimum absolute atomic E-state index is 0.0424. The maximum atomic E-state index is 12.9. The Morgan fingerprint density at radius 2 is 2.29 bits per heavy atom. The van der Waals surface area contributed by atoms with Gasteiger partial charge in [-0.25, -0.2) is 4.98 Å². The number of nitrogens with zero attached hydrogens (tertiary/aromatic N) is 3. The van der Waals surface area contributed by atoms with Crippen LogP contribution in [-0.4, -0.2) is 46.6 Å². The van der Waals surface area contributed by atoms with Gasteiger partial charge in [0.1, 0.15) is 5.03 Å². The molecule has 130 valence electrons. The summed E-state index contributed by atoms with van der Waals surface area (Å²) in [5.74, 6) is 0.695. The van der Waals surface area contributed by atoms with E-state index in [9.17, 15) is 9.59 Å². The van der Waals surface area contributed by atoms with E-state index in [4.69, 9.17) is 0 Å². The van der Waals surface area contributed by atoms with Gasteiger partial charge in [-0.1, -0.05) is 25.6 Å². The van der Waals surface area contributed by atoms with Crippen molar-refractivity contribution < 1.29 is 9.59 Å². The highest BCUT2D eigenvalue weighted by molar-refractivity contribution is 8.00. The fourth-order valence-corrected chi connectivity index (χ4v) is 4.59. The van der Waals surface area contributed by atoms with Crippen molar-refractivity contribution in [3.63, 3.8) is 0 Å². The number of pyridine rings is 1. The van der Waals surface area contributed by atoms with E-state index in [-0.39, 0.29) is 23.5 Å². The lowest BCUT2D eigenvalue weighted by atomic mass is 10.00. The molecule has 24 heavy (non-hydrogen) atoms. The number of piperidine rings is 1. The number of anilines is 1. The van der Waals surface area contributed by atoms with E-state index in [0.29, 0.717) is 12.5 Å². The second-order valence-corrected chi connectivity index (χ2v) is 7.91. The van der Waals surface area contributed by atoms with E-state index in [1.54, 1.807) is 11.1 Å². The zero-order chi connectivity index (χ0) is 17.1. The van der Waals surface area contributed by atoms with Crippen LogP contribution in [0.3, 0.4) is 0 Å². The Labute approximate surface area is 147 Å². The van der Waals surface area contributed by atoms with Crippen LogP contribution in [0.2, 0.25) is 0 Å². The summed E-state index contributed by atoms with van der Waals surface area (Å²) in [6.07, 6.45) is 5.14. The molecular formula is C18H25N3O2S. The van der Waals surface area contributed by atoms with E-state index >= 15 is 0 Å². The van der Waals surface area contributed by atoms with Crippen molar-refractivity contribution >= 4 is 29.3 Å². The van der Waals surface area contributed by atoms with Gasteiger partial charge in [-0.05, 0) is 37.3 Å². The predicted octanol–water partition coefficient (Wildman–Crippen LogP) is 2.95. The molecule has 0 unspecified atom stereocenters. The summed E-state index contributed by atoms with van der Waals surface area (Å²) >= 11 is 1.44. The molecule has 2 amide bonds. The number of fused-ring (bicyclic) bond motifs is 1. The molecule has 6 heteroatoms. The van der Waals surface area contributed by atoms with Crippen LogP contribution in [0.25, 0.3) is 0 Å². The largest absolute Gasteiger partial charge is 0.342 e. The molecule has 0 spiro atoms. The first kappa shape index (κ1) is 17.3. The molecule has 5 nitrogen and oxygen atoms in total. The van der Waals surface area contributed by atoms with Gasteiger partial charge in [-0.2, -0.15) is 0 Å². The number of carbonyl (C=O) groups is 2. The minimum Gasteiger partial charge on any atom is -0.342 e. The van der Waals surface area contributed by atoms with Crippen molar-refractivity contribution in [3.05, 3.63) is 18.3 Å². The van der Waals surface area contributed by atoms with Gasteiger partial charge in [0.05, 0.1) is 10.9 Å². The van der Waals surface area contributed by atoms with E-state index in [1.807, 2.05) is 17.0 Å². The van der Waals surface area contributed by atoms with Crippen LogP contribution in [0.5, 0.6) is 0 Å². The first-order chi connectivity index (χ1) is 11.6. The Morgan fingerprint density at radius 1 is 1.46 bits per heavy atom. The topological polar surface area (TPSA) is 53.5 Å². The molecule has 1 fully saturated rings. The molecule has 2 atom stereocenters. The summed E-state index contributed by atoms with van der Waals surface area (Å²) in [6, 6.07) is 3.79. The van der Waals surface area contributed by atoms with E-state index in [1.165, 1.54) is 18.2 Å². The molecule has 2 aliphatic heterocycles. The predicted molar refractivity (Wildman–Crippen MR) is 96.1 cm³/mol. The zero-order valence-corrected chi connectivity index (χ0v) is 15.2. The lowest BCUT2D eigenvalue weighted by Gasteiger charge is -2.35. The SMILES string of the molecule is CCCN1C(=O)[C@H](CC(=O)N2CCC[C@H](C)C2)Sc2ncccc21.